The van der Waals surface area contributed by atoms with E-state index in [0.29, 0.717) is 22.6 Å². The van der Waals surface area contributed by atoms with Crippen LogP contribution in [0.1, 0.15) is 40.3 Å². The Balaban J connectivity index is 1.53. The summed E-state index contributed by atoms with van der Waals surface area (Å²) in [5, 5.41) is 3.90. The maximum atomic E-state index is 14.7. The second kappa shape index (κ2) is 7.02. The first-order chi connectivity index (χ1) is 15.7. The van der Waals surface area contributed by atoms with E-state index in [1.165, 1.54) is 6.07 Å². The number of carbonyl (C=O) groups excluding carboxylic acids is 1. The maximum absolute atomic E-state index is 14.7. The topological polar surface area (TPSA) is 64.0 Å². The second-order valence-corrected chi connectivity index (χ2v) is 12.6. The molecule has 33 heavy (non-hydrogen) atoms. The van der Waals surface area contributed by atoms with Gasteiger partial charge in [-0.2, -0.15) is 0 Å². The molecule has 8 heteroatoms. The SMILES string of the molecule is CP(C)(=O)c1ccc(-c2ccc3nc4n(c3c2)[C@H]2C[C@@H]4NC(=O)c3cccc(Cl)c32)cc1F. The number of hydrogen-bond acceptors (Lipinski definition) is 3. The largest absolute Gasteiger partial charge is 0.342 e. The summed E-state index contributed by atoms with van der Waals surface area (Å²) in [6.07, 6.45) is 0.677. The van der Waals surface area contributed by atoms with E-state index in [1.807, 2.05) is 18.2 Å². The lowest BCUT2D eigenvalue weighted by Gasteiger charge is -2.19. The molecule has 0 unspecified atom stereocenters. The molecule has 3 heterocycles. The van der Waals surface area contributed by atoms with Crippen LogP contribution in [-0.2, 0) is 4.57 Å². The van der Waals surface area contributed by atoms with Gasteiger partial charge in [-0.1, -0.05) is 29.8 Å². The van der Waals surface area contributed by atoms with E-state index < -0.39 is 13.0 Å². The lowest BCUT2D eigenvalue weighted by Crippen LogP contribution is -2.27. The first-order valence-corrected chi connectivity index (χ1v) is 13.7. The predicted molar refractivity (Wildman–Crippen MR) is 129 cm³/mol. The normalized spacial score (nSPS) is 19.2. The summed E-state index contributed by atoms with van der Waals surface area (Å²) in [7, 11) is -2.70. The van der Waals surface area contributed by atoms with E-state index in [1.54, 1.807) is 43.7 Å². The fourth-order valence-electron chi connectivity index (χ4n) is 5.10. The smallest absolute Gasteiger partial charge is 0.252 e. The Morgan fingerprint density at radius 1 is 1.12 bits per heavy atom. The molecule has 2 bridgehead atoms. The first kappa shape index (κ1) is 20.6. The first-order valence-electron chi connectivity index (χ1n) is 10.7. The quantitative estimate of drug-likeness (QED) is 0.385. The van der Waals surface area contributed by atoms with Crippen molar-refractivity contribution in [2.75, 3.05) is 13.3 Å². The summed E-state index contributed by atoms with van der Waals surface area (Å²) in [6.45, 7) is 3.13. The highest BCUT2D eigenvalue weighted by Crippen LogP contribution is 2.46. The van der Waals surface area contributed by atoms with Crippen LogP contribution < -0.4 is 10.6 Å². The Kier molecular flexibility index (Phi) is 4.39. The maximum Gasteiger partial charge on any atom is 0.252 e. The van der Waals surface area contributed by atoms with Crippen molar-refractivity contribution in [1.29, 1.82) is 0 Å². The number of benzene rings is 3. The van der Waals surface area contributed by atoms with Gasteiger partial charge in [-0.3, -0.25) is 4.79 Å². The molecule has 0 aliphatic carbocycles. The molecule has 166 valence electrons. The van der Waals surface area contributed by atoms with Crippen molar-refractivity contribution >= 4 is 41.0 Å². The lowest BCUT2D eigenvalue weighted by molar-refractivity contribution is 0.0938. The number of nitrogens with one attached hydrogen (secondary N) is 1. The second-order valence-electron chi connectivity index (χ2n) is 9.04. The third-order valence-electron chi connectivity index (χ3n) is 6.60. The van der Waals surface area contributed by atoms with E-state index in [-0.39, 0.29) is 23.3 Å². The van der Waals surface area contributed by atoms with Gasteiger partial charge in [-0.05, 0) is 67.3 Å². The van der Waals surface area contributed by atoms with Crippen LogP contribution in [0.5, 0.6) is 0 Å². The van der Waals surface area contributed by atoms with E-state index in [9.17, 15) is 13.8 Å². The Hall–Kier alpha value is -2.95. The summed E-state index contributed by atoms with van der Waals surface area (Å²) in [5.41, 5.74) is 4.63. The molecule has 1 amide bonds. The molecular formula is C25H20ClFN3O2P. The Labute approximate surface area is 195 Å². The van der Waals surface area contributed by atoms with Gasteiger partial charge < -0.3 is 14.4 Å². The number of imidazole rings is 1. The zero-order chi connectivity index (χ0) is 23.1. The molecule has 1 N–H and O–H groups in total. The molecule has 0 fully saturated rings. The summed E-state index contributed by atoms with van der Waals surface area (Å²) < 4.78 is 29.2. The van der Waals surface area contributed by atoms with Crippen LogP contribution in [0, 0.1) is 5.82 Å². The highest BCUT2D eigenvalue weighted by molar-refractivity contribution is 7.70. The average Bonchev–Trinajstić information content (AvgIpc) is 3.24. The summed E-state index contributed by atoms with van der Waals surface area (Å²) in [5.74, 6) is 0.194. The Morgan fingerprint density at radius 3 is 2.64 bits per heavy atom. The van der Waals surface area contributed by atoms with Crippen LogP contribution in [0.4, 0.5) is 4.39 Å². The third kappa shape index (κ3) is 3.08. The van der Waals surface area contributed by atoms with Crippen LogP contribution >= 0.6 is 18.7 Å². The standard InChI is InChI=1S/C25H20ClFN3O2P/c1-33(2,32)22-9-7-13(10-17(22)27)14-6-8-18-20(11-14)30-21-12-19(24(30)28-18)29-25(31)15-4-3-5-16(26)23(15)21/h3-11,19,21H,12H2,1-2H3,(H,29,31)/t19-,21-/m0/s1. The molecule has 0 saturated heterocycles. The summed E-state index contributed by atoms with van der Waals surface area (Å²) >= 11 is 6.57. The van der Waals surface area contributed by atoms with E-state index in [0.717, 1.165) is 28.0 Å². The zero-order valence-electron chi connectivity index (χ0n) is 18.0. The number of fused-ring (bicyclic) bond motifs is 9. The minimum absolute atomic E-state index is 0.127. The number of rotatable bonds is 2. The Morgan fingerprint density at radius 2 is 1.88 bits per heavy atom. The number of amides is 1. The number of nitrogens with zero attached hydrogens (tertiary/aromatic N) is 2. The molecule has 2 atom stereocenters. The number of carbonyl (C=O) groups is 1. The van der Waals surface area contributed by atoms with Gasteiger partial charge in [0, 0.05) is 21.5 Å². The van der Waals surface area contributed by atoms with Crippen molar-refractivity contribution in [2.24, 2.45) is 0 Å². The van der Waals surface area contributed by atoms with Crippen molar-refractivity contribution in [3.05, 3.63) is 82.4 Å². The van der Waals surface area contributed by atoms with Crippen LogP contribution in [-0.4, -0.2) is 28.8 Å². The highest BCUT2D eigenvalue weighted by atomic mass is 35.5. The van der Waals surface area contributed by atoms with Gasteiger partial charge in [-0.25, -0.2) is 9.37 Å². The van der Waals surface area contributed by atoms with E-state index >= 15 is 0 Å². The highest BCUT2D eigenvalue weighted by Gasteiger charge is 2.41. The minimum Gasteiger partial charge on any atom is -0.342 e. The third-order valence-corrected chi connectivity index (χ3v) is 8.45. The van der Waals surface area contributed by atoms with Gasteiger partial charge in [0.05, 0.1) is 23.1 Å². The lowest BCUT2D eigenvalue weighted by atomic mass is 9.98. The molecule has 0 radical (unpaired) electrons. The molecule has 1 aromatic heterocycles. The summed E-state index contributed by atoms with van der Waals surface area (Å²) in [4.78, 5) is 17.6. The van der Waals surface area contributed by atoms with Crippen molar-refractivity contribution in [3.8, 4) is 11.1 Å². The molecule has 2 aliphatic heterocycles. The van der Waals surface area contributed by atoms with E-state index in [4.69, 9.17) is 16.6 Å². The molecule has 0 spiro atoms. The summed E-state index contributed by atoms with van der Waals surface area (Å²) in [6, 6.07) is 15.7. The van der Waals surface area contributed by atoms with Crippen molar-refractivity contribution in [3.63, 3.8) is 0 Å². The van der Waals surface area contributed by atoms with Gasteiger partial charge in [0.15, 0.2) is 0 Å². The Bertz CT molecular complexity index is 1540. The van der Waals surface area contributed by atoms with Gasteiger partial charge >= 0.3 is 0 Å². The molecule has 5 nitrogen and oxygen atoms in total. The fourth-order valence-corrected chi connectivity index (χ4v) is 6.41. The minimum atomic E-state index is -2.70. The van der Waals surface area contributed by atoms with Crippen LogP contribution in [0.25, 0.3) is 22.2 Å². The zero-order valence-corrected chi connectivity index (χ0v) is 19.6. The molecule has 0 saturated carbocycles. The van der Waals surface area contributed by atoms with E-state index in [2.05, 4.69) is 9.88 Å². The molecule has 2 aliphatic rings. The van der Waals surface area contributed by atoms with Gasteiger partial charge in [0.1, 0.15) is 18.8 Å². The van der Waals surface area contributed by atoms with Crippen molar-refractivity contribution < 1.29 is 13.8 Å². The van der Waals surface area contributed by atoms with Crippen molar-refractivity contribution in [2.45, 2.75) is 18.5 Å². The predicted octanol–water partition coefficient (Wildman–Crippen LogP) is 5.52. The number of halogens is 2. The average molecular weight is 480 g/mol. The van der Waals surface area contributed by atoms with Gasteiger partial charge in [0.2, 0.25) is 0 Å². The molecule has 6 rings (SSSR count). The van der Waals surface area contributed by atoms with Crippen LogP contribution in [0.3, 0.4) is 0 Å². The van der Waals surface area contributed by atoms with Crippen molar-refractivity contribution in [1.82, 2.24) is 14.9 Å². The fraction of sp³-hybridized carbons (Fsp3) is 0.200. The molecule has 3 aromatic carbocycles. The monoisotopic (exact) mass is 479 g/mol. The van der Waals surface area contributed by atoms with Gasteiger partial charge in [-0.15, -0.1) is 0 Å². The molecule has 4 aromatic rings. The van der Waals surface area contributed by atoms with Gasteiger partial charge in [0.25, 0.3) is 5.91 Å². The number of aromatic nitrogens is 2. The molecular weight excluding hydrogens is 460 g/mol. The van der Waals surface area contributed by atoms with Crippen LogP contribution in [0.15, 0.2) is 54.6 Å². The number of hydrogen-bond donors (Lipinski definition) is 1. The van der Waals surface area contributed by atoms with Crippen LogP contribution in [0.2, 0.25) is 5.02 Å².